The predicted molar refractivity (Wildman–Crippen MR) is 65.8 cm³/mol. The van der Waals surface area contributed by atoms with Gasteiger partial charge in [-0.25, -0.2) is 4.79 Å². The maximum atomic E-state index is 11.8. The van der Waals surface area contributed by atoms with E-state index in [4.69, 9.17) is 9.15 Å². The van der Waals surface area contributed by atoms with Crippen molar-refractivity contribution in [3.05, 3.63) is 39.2 Å². The predicted octanol–water partition coefficient (Wildman–Crippen LogP) is 2.60. The average Bonchev–Trinajstić information content (AvgIpc) is 2.77. The van der Waals surface area contributed by atoms with E-state index in [0.717, 1.165) is 47.1 Å². The zero-order valence-corrected chi connectivity index (χ0v) is 10.0. The molecule has 0 atom stereocenters. The van der Waals surface area contributed by atoms with Crippen LogP contribution in [-0.2, 0) is 12.8 Å². The lowest BCUT2D eigenvalue weighted by Gasteiger charge is -2.09. The summed E-state index contributed by atoms with van der Waals surface area (Å²) >= 11 is 0. The molecule has 1 heterocycles. The highest BCUT2D eigenvalue weighted by Gasteiger charge is 2.21. The van der Waals surface area contributed by atoms with Crippen molar-refractivity contribution in [1.29, 1.82) is 0 Å². The van der Waals surface area contributed by atoms with Crippen LogP contribution >= 0.6 is 0 Å². The molecule has 1 aliphatic rings. The Hall–Kier alpha value is -1.77. The van der Waals surface area contributed by atoms with E-state index in [1.54, 1.807) is 7.11 Å². The summed E-state index contributed by atoms with van der Waals surface area (Å²) in [5, 5.41) is 0.977. The molecule has 0 saturated carbocycles. The van der Waals surface area contributed by atoms with Crippen LogP contribution < -0.4 is 10.4 Å². The van der Waals surface area contributed by atoms with E-state index in [-0.39, 0.29) is 5.63 Å². The molecule has 1 aliphatic carbocycles. The van der Waals surface area contributed by atoms with Gasteiger partial charge in [0.1, 0.15) is 11.3 Å². The molecule has 0 amide bonds. The highest BCUT2D eigenvalue weighted by Crippen LogP contribution is 2.34. The molecule has 0 saturated heterocycles. The minimum Gasteiger partial charge on any atom is -0.496 e. The Balaban J connectivity index is 2.50. The van der Waals surface area contributed by atoms with Crippen molar-refractivity contribution in [2.24, 2.45) is 0 Å². The molecule has 3 heteroatoms. The van der Waals surface area contributed by atoms with Gasteiger partial charge in [-0.05, 0) is 49.4 Å². The fourth-order valence-corrected chi connectivity index (χ4v) is 2.67. The van der Waals surface area contributed by atoms with Crippen LogP contribution in [0.15, 0.2) is 21.3 Å². The molecule has 88 valence electrons. The SMILES string of the molecule is COc1cc(C)cc2oc(=O)c3c(c12)CCC3. The molecule has 0 radical (unpaired) electrons. The molecule has 1 aromatic heterocycles. The Morgan fingerprint density at radius 3 is 2.76 bits per heavy atom. The van der Waals surface area contributed by atoms with E-state index in [0.29, 0.717) is 5.58 Å². The van der Waals surface area contributed by atoms with Crippen LogP contribution in [0.25, 0.3) is 11.0 Å². The Morgan fingerprint density at radius 1 is 1.24 bits per heavy atom. The molecule has 2 aromatic rings. The monoisotopic (exact) mass is 230 g/mol. The molecule has 0 bridgehead atoms. The van der Waals surface area contributed by atoms with Gasteiger partial charge in [0.2, 0.25) is 0 Å². The van der Waals surface area contributed by atoms with Crippen molar-refractivity contribution in [2.75, 3.05) is 7.11 Å². The first-order chi connectivity index (χ1) is 8.20. The Labute approximate surface area is 99.0 Å². The third-order valence-electron chi connectivity index (χ3n) is 3.40. The molecule has 1 aromatic carbocycles. The summed E-state index contributed by atoms with van der Waals surface area (Å²) in [4.78, 5) is 11.8. The van der Waals surface area contributed by atoms with Crippen LogP contribution in [-0.4, -0.2) is 7.11 Å². The number of ether oxygens (including phenoxy) is 1. The molecule has 3 rings (SSSR count). The topological polar surface area (TPSA) is 39.4 Å². The Kier molecular flexibility index (Phi) is 2.21. The van der Waals surface area contributed by atoms with Crippen molar-refractivity contribution in [2.45, 2.75) is 26.2 Å². The second-order valence-corrected chi connectivity index (χ2v) is 4.54. The summed E-state index contributed by atoms with van der Waals surface area (Å²) in [6, 6.07) is 3.89. The summed E-state index contributed by atoms with van der Waals surface area (Å²) in [6.07, 6.45) is 2.79. The maximum absolute atomic E-state index is 11.8. The first-order valence-corrected chi connectivity index (χ1v) is 5.84. The van der Waals surface area contributed by atoms with Crippen LogP contribution in [0.3, 0.4) is 0 Å². The third kappa shape index (κ3) is 1.46. The van der Waals surface area contributed by atoms with E-state index in [9.17, 15) is 4.79 Å². The normalized spacial score (nSPS) is 14.0. The Bertz CT molecular complexity index is 653. The minimum absolute atomic E-state index is 0.183. The number of fused-ring (bicyclic) bond motifs is 3. The van der Waals surface area contributed by atoms with Gasteiger partial charge in [0.15, 0.2) is 0 Å². The summed E-state index contributed by atoms with van der Waals surface area (Å²) in [7, 11) is 1.65. The van der Waals surface area contributed by atoms with Gasteiger partial charge >= 0.3 is 5.63 Å². The van der Waals surface area contributed by atoms with Gasteiger partial charge < -0.3 is 9.15 Å². The quantitative estimate of drug-likeness (QED) is 0.707. The van der Waals surface area contributed by atoms with Crippen molar-refractivity contribution in [3.63, 3.8) is 0 Å². The second-order valence-electron chi connectivity index (χ2n) is 4.54. The molecular formula is C14H14O3. The maximum Gasteiger partial charge on any atom is 0.339 e. The number of rotatable bonds is 1. The van der Waals surface area contributed by atoms with E-state index >= 15 is 0 Å². The van der Waals surface area contributed by atoms with Crippen LogP contribution in [0.5, 0.6) is 5.75 Å². The fourth-order valence-electron chi connectivity index (χ4n) is 2.67. The summed E-state index contributed by atoms with van der Waals surface area (Å²) in [5.41, 5.74) is 3.45. The molecule has 0 aliphatic heterocycles. The molecular weight excluding hydrogens is 216 g/mol. The van der Waals surface area contributed by atoms with E-state index in [2.05, 4.69) is 0 Å². The van der Waals surface area contributed by atoms with Gasteiger partial charge in [0, 0.05) is 5.56 Å². The lowest BCUT2D eigenvalue weighted by molar-refractivity contribution is 0.418. The lowest BCUT2D eigenvalue weighted by Crippen LogP contribution is -2.07. The number of aryl methyl sites for hydroxylation is 2. The molecule has 17 heavy (non-hydrogen) atoms. The first-order valence-electron chi connectivity index (χ1n) is 5.84. The molecule has 0 fully saturated rings. The molecule has 0 N–H and O–H groups in total. The molecule has 3 nitrogen and oxygen atoms in total. The van der Waals surface area contributed by atoms with Crippen molar-refractivity contribution in [3.8, 4) is 5.75 Å². The van der Waals surface area contributed by atoms with Crippen LogP contribution in [0, 0.1) is 6.92 Å². The highest BCUT2D eigenvalue weighted by molar-refractivity contribution is 5.88. The van der Waals surface area contributed by atoms with Gasteiger partial charge in [-0.2, -0.15) is 0 Å². The lowest BCUT2D eigenvalue weighted by atomic mass is 10.0. The molecule has 0 unspecified atom stereocenters. The Morgan fingerprint density at radius 2 is 2.00 bits per heavy atom. The minimum atomic E-state index is -0.183. The van der Waals surface area contributed by atoms with Gasteiger partial charge in [0.25, 0.3) is 0 Å². The first kappa shape index (κ1) is 10.4. The highest BCUT2D eigenvalue weighted by atomic mass is 16.5. The third-order valence-corrected chi connectivity index (χ3v) is 3.40. The zero-order valence-electron chi connectivity index (χ0n) is 10.0. The largest absolute Gasteiger partial charge is 0.496 e. The van der Waals surface area contributed by atoms with Gasteiger partial charge in [-0.3, -0.25) is 0 Å². The number of hydrogen-bond donors (Lipinski definition) is 0. The number of benzene rings is 1. The van der Waals surface area contributed by atoms with Gasteiger partial charge in [-0.1, -0.05) is 0 Å². The van der Waals surface area contributed by atoms with Crippen molar-refractivity contribution < 1.29 is 9.15 Å². The van der Waals surface area contributed by atoms with Crippen LogP contribution in [0.1, 0.15) is 23.1 Å². The zero-order chi connectivity index (χ0) is 12.0. The standard InChI is InChI=1S/C14H14O3/c1-8-6-11(16-2)13-9-4-3-5-10(9)14(15)17-12(13)7-8/h6-7H,3-5H2,1-2H3. The number of methoxy groups -OCH3 is 1. The van der Waals surface area contributed by atoms with Crippen molar-refractivity contribution >= 4 is 11.0 Å². The number of hydrogen-bond acceptors (Lipinski definition) is 3. The average molecular weight is 230 g/mol. The van der Waals surface area contributed by atoms with Crippen LogP contribution in [0.2, 0.25) is 0 Å². The van der Waals surface area contributed by atoms with E-state index in [1.807, 2.05) is 19.1 Å². The summed E-state index contributed by atoms with van der Waals surface area (Å²) in [5.74, 6) is 0.807. The molecule has 0 spiro atoms. The van der Waals surface area contributed by atoms with Gasteiger partial charge in [0.05, 0.1) is 12.5 Å². The second kappa shape index (κ2) is 3.62. The summed E-state index contributed by atoms with van der Waals surface area (Å²) < 4.78 is 10.8. The smallest absolute Gasteiger partial charge is 0.339 e. The fraction of sp³-hybridized carbons (Fsp3) is 0.357. The summed E-state index contributed by atoms with van der Waals surface area (Å²) in [6.45, 7) is 1.97. The van der Waals surface area contributed by atoms with Crippen LogP contribution in [0.4, 0.5) is 0 Å². The van der Waals surface area contributed by atoms with E-state index in [1.165, 1.54) is 0 Å². The van der Waals surface area contributed by atoms with Gasteiger partial charge in [-0.15, -0.1) is 0 Å². The van der Waals surface area contributed by atoms with E-state index < -0.39 is 0 Å². The van der Waals surface area contributed by atoms with Crippen molar-refractivity contribution in [1.82, 2.24) is 0 Å².